The molecule has 4 heteroatoms. The molecule has 0 spiro atoms. The lowest BCUT2D eigenvalue weighted by Crippen LogP contribution is -2.01. The second kappa shape index (κ2) is 4.91. The number of nitrogens with one attached hydrogen (secondary N) is 1. The number of hydrogen-bond donors (Lipinski definition) is 1. The maximum Gasteiger partial charge on any atom is 0.180 e. The van der Waals surface area contributed by atoms with Gasteiger partial charge in [0.25, 0.3) is 0 Å². The number of pyridine rings is 1. The van der Waals surface area contributed by atoms with Crippen molar-refractivity contribution in [1.82, 2.24) is 15.0 Å². The molecule has 88 valence electrons. The standard InChI is InChI=1S/C13H16N4/c1-4-14-12-5-6-15-13(17-12)11-8-9(2)7-10(3)16-11/h5-8H,4H2,1-3H3,(H,14,15,17). The summed E-state index contributed by atoms with van der Waals surface area (Å²) < 4.78 is 0. The third-order valence-electron chi connectivity index (χ3n) is 2.34. The van der Waals surface area contributed by atoms with Crippen LogP contribution in [0.5, 0.6) is 0 Å². The average molecular weight is 228 g/mol. The van der Waals surface area contributed by atoms with Crippen LogP contribution in [0.4, 0.5) is 5.82 Å². The molecule has 17 heavy (non-hydrogen) atoms. The topological polar surface area (TPSA) is 50.7 Å². The van der Waals surface area contributed by atoms with Crippen LogP contribution in [-0.4, -0.2) is 21.5 Å². The Balaban J connectivity index is 2.41. The van der Waals surface area contributed by atoms with Crippen LogP contribution in [-0.2, 0) is 0 Å². The van der Waals surface area contributed by atoms with Gasteiger partial charge in [-0.3, -0.25) is 0 Å². The maximum absolute atomic E-state index is 4.45. The van der Waals surface area contributed by atoms with Crippen molar-refractivity contribution in [3.8, 4) is 11.5 Å². The summed E-state index contributed by atoms with van der Waals surface area (Å²) in [5.41, 5.74) is 2.98. The van der Waals surface area contributed by atoms with Crippen molar-refractivity contribution < 1.29 is 0 Å². The van der Waals surface area contributed by atoms with E-state index in [1.165, 1.54) is 5.56 Å². The van der Waals surface area contributed by atoms with E-state index in [2.05, 4.69) is 20.3 Å². The van der Waals surface area contributed by atoms with E-state index in [9.17, 15) is 0 Å². The Morgan fingerprint density at radius 3 is 2.71 bits per heavy atom. The van der Waals surface area contributed by atoms with E-state index in [1.807, 2.05) is 39.0 Å². The molecule has 2 rings (SSSR count). The van der Waals surface area contributed by atoms with Gasteiger partial charge in [0.1, 0.15) is 11.5 Å². The molecule has 0 aliphatic rings. The predicted molar refractivity (Wildman–Crippen MR) is 68.9 cm³/mol. The van der Waals surface area contributed by atoms with Gasteiger partial charge in [0, 0.05) is 18.4 Å². The van der Waals surface area contributed by atoms with Gasteiger partial charge in [-0.25, -0.2) is 15.0 Å². The van der Waals surface area contributed by atoms with Crippen LogP contribution in [0.15, 0.2) is 24.4 Å². The van der Waals surface area contributed by atoms with E-state index >= 15 is 0 Å². The molecule has 0 aromatic carbocycles. The first-order chi connectivity index (χ1) is 8.19. The van der Waals surface area contributed by atoms with Gasteiger partial charge in [-0.05, 0) is 44.5 Å². The number of rotatable bonds is 3. The molecule has 0 saturated carbocycles. The van der Waals surface area contributed by atoms with E-state index in [0.29, 0.717) is 5.82 Å². The minimum atomic E-state index is 0.662. The van der Waals surface area contributed by atoms with Gasteiger partial charge in [-0.1, -0.05) is 0 Å². The summed E-state index contributed by atoms with van der Waals surface area (Å²) in [6.07, 6.45) is 1.75. The molecule has 0 aliphatic carbocycles. The van der Waals surface area contributed by atoms with E-state index in [4.69, 9.17) is 0 Å². The van der Waals surface area contributed by atoms with Crippen LogP contribution in [0.3, 0.4) is 0 Å². The lowest BCUT2D eigenvalue weighted by molar-refractivity contribution is 1.08. The van der Waals surface area contributed by atoms with Crippen LogP contribution >= 0.6 is 0 Å². The molecule has 0 aliphatic heterocycles. The SMILES string of the molecule is CCNc1ccnc(-c2cc(C)cc(C)n2)n1. The molecule has 2 heterocycles. The van der Waals surface area contributed by atoms with Gasteiger partial charge in [0.15, 0.2) is 5.82 Å². The van der Waals surface area contributed by atoms with E-state index in [1.54, 1.807) is 6.20 Å². The van der Waals surface area contributed by atoms with Crippen LogP contribution in [0, 0.1) is 13.8 Å². The quantitative estimate of drug-likeness (QED) is 0.877. The van der Waals surface area contributed by atoms with Crippen LogP contribution in [0.2, 0.25) is 0 Å². The van der Waals surface area contributed by atoms with Gasteiger partial charge in [0.2, 0.25) is 0 Å². The monoisotopic (exact) mass is 228 g/mol. The maximum atomic E-state index is 4.45. The first-order valence-corrected chi connectivity index (χ1v) is 5.71. The summed E-state index contributed by atoms with van der Waals surface area (Å²) in [7, 11) is 0. The highest BCUT2D eigenvalue weighted by Crippen LogP contribution is 2.16. The Morgan fingerprint density at radius 2 is 2.00 bits per heavy atom. The fraction of sp³-hybridized carbons (Fsp3) is 0.308. The van der Waals surface area contributed by atoms with Gasteiger partial charge in [-0.2, -0.15) is 0 Å². The lowest BCUT2D eigenvalue weighted by atomic mass is 10.2. The lowest BCUT2D eigenvalue weighted by Gasteiger charge is -2.05. The molecule has 4 nitrogen and oxygen atoms in total. The minimum absolute atomic E-state index is 0.662. The number of hydrogen-bond acceptors (Lipinski definition) is 4. The number of anilines is 1. The highest BCUT2D eigenvalue weighted by atomic mass is 15.0. The third-order valence-corrected chi connectivity index (χ3v) is 2.34. The molecule has 0 atom stereocenters. The largest absolute Gasteiger partial charge is 0.370 e. The van der Waals surface area contributed by atoms with Crippen molar-refractivity contribution in [3.63, 3.8) is 0 Å². The fourth-order valence-corrected chi connectivity index (χ4v) is 1.72. The Kier molecular flexibility index (Phi) is 3.32. The summed E-state index contributed by atoms with van der Waals surface area (Å²) in [5.74, 6) is 1.49. The summed E-state index contributed by atoms with van der Waals surface area (Å²) in [6.45, 7) is 6.91. The van der Waals surface area contributed by atoms with Gasteiger partial charge in [-0.15, -0.1) is 0 Å². The predicted octanol–water partition coefficient (Wildman–Crippen LogP) is 2.59. The second-order valence-corrected chi connectivity index (χ2v) is 3.97. The molecule has 1 N–H and O–H groups in total. The number of aromatic nitrogens is 3. The first-order valence-electron chi connectivity index (χ1n) is 5.71. The molecule has 0 fully saturated rings. The van der Waals surface area contributed by atoms with Crippen molar-refractivity contribution in [2.45, 2.75) is 20.8 Å². The molecule has 2 aromatic heterocycles. The van der Waals surface area contributed by atoms with Crippen LogP contribution in [0.25, 0.3) is 11.5 Å². The van der Waals surface area contributed by atoms with E-state index < -0.39 is 0 Å². The second-order valence-electron chi connectivity index (χ2n) is 3.97. The number of aryl methyl sites for hydroxylation is 2. The smallest absolute Gasteiger partial charge is 0.180 e. The Hall–Kier alpha value is -1.97. The summed E-state index contributed by atoms with van der Waals surface area (Å²) >= 11 is 0. The first kappa shape index (κ1) is 11.5. The zero-order chi connectivity index (χ0) is 12.3. The van der Waals surface area contributed by atoms with Crippen molar-refractivity contribution in [2.75, 3.05) is 11.9 Å². The Bertz CT molecular complexity index is 502. The molecule has 0 bridgehead atoms. The van der Waals surface area contributed by atoms with Crippen LogP contribution < -0.4 is 5.32 Å². The highest BCUT2D eigenvalue weighted by Gasteiger charge is 2.05. The molecular weight excluding hydrogens is 212 g/mol. The summed E-state index contributed by atoms with van der Waals surface area (Å²) in [4.78, 5) is 13.1. The molecule has 0 radical (unpaired) electrons. The van der Waals surface area contributed by atoms with Crippen molar-refractivity contribution in [3.05, 3.63) is 35.7 Å². The van der Waals surface area contributed by atoms with E-state index in [0.717, 1.165) is 23.8 Å². The van der Waals surface area contributed by atoms with Gasteiger partial charge >= 0.3 is 0 Å². The molecule has 0 unspecified atom stereocenters. The zero-order valence-electron chi connectivity index (χ0n) is 10.4. The van der Waals surface area contributed by atoms with Crippen molar-refractivity contribution in [1.29, 1.82) is 0 Å². The van der Waals surface area contributed by atoms with Crippen LogP contribution in [0.1, 0.15) is 18.2 Å². The molecule has 0 saturated heterocycles. The normalized spacial score (nSPS) is 10.3. The van der Waals surface area contributed by atoms with Gasteiger partial charge < -0.3 is 5.32 Å². The average Bonchev–Trinajstić information content (AvgIpc) is 2.28. The minimum Gasteiger partial charge on any atom is -0.370 e. The summed E-state index contributed by atoms with van der Waals surface area (Å²) in [5, 5.41) is 3.17. The fourth-order valence-electron chi connectivity index (χ4n) is 1.72. The Labute approximate surface area is 101 Å². The van der Waals surface area contributed by atoms with Crippen molar-refractivity contribution >= 4 is 5.82 Å². The molecule has 2 aromatic rings. The number of nitrogens with zero attached hydrogens (tertiary/aromatic N) is 3. The van der Waals surface area contributed by atoms with Crippen molar-refractivity contribution in [2.24, 2.45) is 0 Å². The van der Waals surface area contributed by atoms with Gasteiger partial charge in [0.05, 0.1) is 0 Å². The van der Waals surface area contributed by atoms with E-state index in [-0.39, 0.29) is 0 Å². The summed E-state index contributed by atoms with van der Waals surface area (Å²) in [6, 6.07) is 5.89. The molecular formula is C13H16N4. The third kappa shape index (κ3) is 2.78. The zero-order valence-corrected chi connectivity index (χ0v) is 10.4. The molecule has 0 amide bonds. The highest BCUT2D eigenvalue weighted by molar-refractivity contribution is 5.53. The Morgan fingerprint density at radius 1 is 1.18 bits per heavy atom.